The van der Waals surface area contributed by atoms with Gasteiger partial charge in [0.1, 0.15) is 11.8 Å². The van der Waals surface area contributed by atoms with E-state index < -0.39 is 11.9 Å². The molecule has 6 heteroatoms. The lowest BCUT2D eigenvalue weighted by Crippen LogP contribution is -2.34. The molecule has 31 heavy (non-hydrogen) atoms. The zero-order valence-corrected chi connectivity index (χ0v) is 18.0. The van der Waals surface area contributed by atoms with E-state index in [1.807, 2.05) is 73.5 Å². The number of hydrogen-bond acceptors (Lipinski definition) is 4. The molecule has 6 nitrogen and oxygen atoms in total. The lowest BCUT2D eigenvalue weighted by atomic mass is 10.0. The molecule has 2 amide bonds. The normalized spacial score (nSPS) is 11.7. The minimum Gasteiger partial charge on any atom is -0.495 e. The van der Waals surface area contributed by atoms with Gasteiger partial charge in [-0.2, -0.15) is 0 Å². The fourth-order valence-corrected chi connectivity index (χ4v) is 3.56. The maximum absolute atomic E-state index is 13.4. The summed E-state index contributed by atoms with van der Waals surface area (Å²) in [6.45, 7) is 2.42. The molecule has 0 saturated carbocycles. The molecule has 0 aromatic heterocycles. The van der Waals surface area contributed by atoms with Crippen LogP contribution in [0, 0.1) is 6.92 Å². The highest BCUT2D eigenvalue weighted by molar-refractivity contribution is 5.97. The Labute approximate surface area is 182 Å². The molecule has 0 saturated heterocycles. The molecule has 0 aliphatic carbocycles. The van der Waals surface area contributed by atoms with Gasteiger partial charge in [-0.25, -0.2) is 0 Å². The van der Waals surface area contributed by atoms with Gasteiger partial charge in [0.15, 0.2) is 0 Å². The van der Waals surface area contributed by atoms with Gasteiger partial charge in [-0.1, -0.05) is 48.5 Å². The smallest absolute Gasteiger partial charge is 0.248 e. The fraction of sp³-hybridized carbons (Fsp3) is 0.200. The van der Waals surface area contributed by atoms with E-state index >= 15 is 0 Å². The maximum Gasteiger partial charge on any atom is 0.248 e. The summed E-state index contributed by atoms with van der Waals surface area (Å²) in [5.41, 5.74) is 9.24. The summed E-state index contributed by atoms with van der Waals surface area (Å²) >= 11 is 0. The molecule has 160 valence electrons. The first-order chi connectivity index (χ1) is 14.9. The number of rotatable bonds is 8. The third-order valence-electron chi connectivity index (χ3n) is 5.06. The minimum atomic E-state index is -0.552. The van der Waals surface area contributed by atoms with Crippen molar-refractivity contribution in [1.82, 2.24) is 4.90 Å². The molecule has 0 aliphatic heterocycles. The zero-order chi connectivity index (χ0) is 22.4. The van der Waals surface area contributed by atoms with Crippen molar-refractivity contribution >= 4 is 17.5 Å². The van der Waals surface area contributed by atoms with Crippen LogP contribution in [0.15, 0.2) is 72.8 Å². The van der Waals surface area contributed by atoms with E-state index in [1.165, 1.54) is 0 Å². The Morgan fingerprint density at radius 2 is 1.77 bits per heavy atom. The summed E-state index contributed by atoms with van der Waals surface area (Å²) < 4.78 is 5.41. The van der Waals surface area contributed by atoms with Crippen LogP contribution in [0.4, 0.5) is 5.69 Å². The lowest BCUT2D eigenvalue weighted by Gasteiger charge is -2.28. The van der Waals surface area contributed by atoms with Crippen molar-refractivity contribution in [3.05, 3.63) is 95.1 Å². The fourth-order valence-electron chi connectivity index (χ4n) is 3.56. The number of amides is 2. The van der Waals surface area contributed by atoms with Crippen molar-refractivity contribution in [2.75, 3.05) is 19.5 Å². The van der Waals surface area contributed by atoms with E-state index in [0.29, 0.717) is 23.5 Å². The molecule has 1 atom stereocenters. The number of nitrogens with one attached hydrogen (secondary N) is 1. The first-order valence-corrected chi connectivity index (χ1v) is 9.98. The van der Waals surface area contributed by atoms with Crippen molar-refractivity contribution in [2.24, 2.45) is 5.73 Å². The van der Waals surface area contributed by atoms with Gasteiger partial charge in [-0.15, -0.1) is 0 Å². The number of anilines is 1. The molecule has 0 radical (unpaired) electrons. The highest BCUT2D eigenvalue weighted by Crippen LogP contribution is 2.29. The topological polar surface area (TPSA) is 84.7 Å². The van der Waals surface area contributed by atoms with Crippen LogP contribution >= 0.6 is 0 Å². The standard InChI is InChI=1S/C25H27N3O3/c1-17-12-13-22(31-3)21(14-17)27-25(30)23(19-9-5-4-6-10-19)28(2)16-18-8-7-11-20(15-18)24(26)29/h4-15,23H,16H2,1-3H3,(H2,26,29)(H,27,30). The number of benzene rings is 3. The predicted molar refractivity (Wildman–Crippen MR) is 122 cm³/mol. The van der Waals surface area contributed by atoms with Crippen LogP contribution in [0.1, 0.15) is 33.1 Å². The van der Waals surface area contributed by atoms with E-state index in [4.69, 9.17) is 10.5 Å². The van der Waals surface area contributed by atoms with Crippen LogP contribution in [0.3, 0.4) is 0 Å². The Morgan fingerprint density at radius 1 is 1.03 bits per heavy atom. The summed E-state index contributed by atoms with van der Waals surface area (Å²) in [5, 5.41) is 3.02. The first kappa shape index (κ1) is 22.1. The van der Waals surface area contributed by atoms with E-state index in [0.717, 1.165) is 16.7 Å². The number of nitrogens with two attached hydrogens (primary N) is 1. The number of likely N-dealkylation sites (N-methyl/N-ethyl adjacent to an activating group) is 1. The molecular formula is C25H27N3O3. The second kappa shape index (κ2) is 9.91. The minimum absolute atomic E-state index is 0.177. The monoisotopic (exact) mass is 417 g/mol. The van der Waals surface area contributed by atoms with Gasteiger partial charge < -0.3 is 15.8 Å². The third-order valence-corrected chi connectivity index (χ3v) is 5.06. The number of primary amides is 1. The summed E-state index contributed by atoms with van der Waals surface area (Å²) in [4.78, 5) is 26.9. The first-order valence-electron chi connectivity index (χ1n) is 9.98. The van der Waals surface area contributed by atoms with Gasteiger partial charge in [-0.3, -0.25) is 14.5 Å². The van der Waals surface area contributed by atoms with E-state index in [2.05, 4.69) is 5.32 Å². The van der Waals surface area contributed by atoms with Crippen molar-refractivity contribution in [2.45, 2.75) is 19.5 Å². The van der Waals surface area contributed by atoms with Crippen molar-refractivity contribution in [1.29, 1.82) is 0 Å². The van der Waals surface area contributed by atoms with Crippen molar-refractivity contribution in [3.8, 4) is 5.75 Å². The molecular weight excluding hydrogens is 390 g/mol. The highest BCUT2D eigenvalue weighted by Gasteiger charge is 2.26. The molecule has 0 spiro atoms. The number of hydrogen-bond donors (Lipinski definition) is 2. The van der Waals surface area contributed by atoms with Crippen molar-refractivity contribution in [3.63, 3.8) is 0 Å². The third kappa shape index (κ3) is 5.49. The number of nitrogens with zero attached hydrogens (tertiary/aromatic N) is 1. The van der Waals surface area contributed by atoms with Crippen LogP contribution in [-0.2, 0) is 11.3 Å². The molecule has 1 unspecified atom stereocenters. The number of carbonyl (C=O) groups excluding carboxylic acids is 2. The summed E-state index contributed by atoms with van der Waals surface area (Å²) in [6.07, 6.45) is 0. The van der Waals surface area contributed by atoms with Gasteiger partial charge in [0, 0.05) is 12.1 Å². The van der Waals surface area contributed by atoms with E-state index in [1.54, 1.807) is 25.3 Å². The summed E-state index contributed by atoms with van der Waals surface area (Å²) in [5.74, 6) is -0.0559. The summed E-state index contributed by atoms with van der Waals surface area (Å²) in [7, 11) is 3.45. The Hall–Kier alpha value is -3.64. The van der Waals surface area contributed by atoms with Gasteiger partial charge in [0.25, 0.3) is 0 Å². The van der Waals surface area contributed by atoms with Gasteiger partial charge in [-0.05, 0) is 54.9 Å². The Balaban J connectivity index is 1.90. The number of ether oxygens (including phenoxy) is 1. The molecule has 0 fully saturated rings. The second-order valence-electron chi connectivity index (χ2n) is 7.49. The average molecular weight is 418 g/mol. The average Bonchev–Trinajstić information content (AvgIpc) is 2.75. The van der Waals surface area contributed by atoms with E-state index in [9.17, 15) is 9.59 Å². The van der Waals surface area contributed by atoms with E-state index in [-0.39, 0.29) is 5.91 Å². The Kier molecular flexibility index (Phi) is 7.05. The van der Waals surface area contributed by atoms with Crippen LogP contribution < -0.4 is 15.8 Å². The number of aryl methyl sites for hydroxylation is 1. The van der Waals surface area contributed by atoms with Crippen LogP contribution in [0.5, 0.6) is 5.75 Å². The van der Waals surface area contributed by atoms with Gasteiger partial charge in [0.05, 0.1) is 12.8 Å². The zero-order valence-electron chi connectivity index (χ0n) is 18.0. The Morgan fingerprint density at radius 3 is 2.45 bits per heavy atom. The molecule has 0 aliphatic rings. The van der Waals surface area contributed by atoms with Crippen molar-refractivity contribution < 1.29 is 14.3 Å². The number of methoxy groups -OCH3 is 1. The summed E-state index contributed by atoms with van der Waals surface area (Å²) in [6, 6.07) is 21.8. The van der Waals surface area contributed by atoms with Crippen LogP contribution in [0.2, 0.25) is 0 Å². The van der Waals surface area contributed by atoms with Crippen LogP contribution in [-0.4, -0.2) is 30.9 Å². The quantitative estimate of drug-likeness (QED) is 0.582. The predicted octanol–water partition coefficient (Wildman–Crippen LogP) is 3.91. The Bertz CT molecular complexity index is 1070. The highest BCUT2D eigenvalue weighted by atomic mass is 16.5. The largest absolute Gasteiger partial charge is 0.495 e. The second-order valence-corrected chi connectivity index (χ2v) is 7.49. The molecule has 3 N–H and O–H groups in total. The lowest BCUT2D eigenvalue weighted by molar-refractivity contribution is -0.121. The molecule has 0 bridgehead atoms. The molecule has 3 aromatic rings. The van der Waals surface area contributed by atoms with Crippen LogP contribution in [0.25, 0.3) is 0 Å². The molecule has 3 aromatic carbocycles. The maximum atomic E-state index is 13.4. The SMILES string of the molecule is COc1ccc(C)cc1NC(=O)C(c1ccccc1)N(C)Cc1cccc(C(N)=O)c1. The molecule has 3 rings (SSSR count). The van der Waals surface area contributed by atoms with Gasteiger partial charge >= 0.3 is 0 Å². The number of carbonyl (C=O) groups is 2. The molecule has 0 heterocycles. The van der Waals surface area contributed by atoms with Gasteiger partial charge in [0.2, 0.25) is 11.8 Å².